The van der Waals surface area contributed by atoms with Gasteiger partial charge in [-0.1, -0.05) is 6.07 Å². The Bertz CT molecular complexity index is 464. The number of likely N-dealkylation sites (N-methyl/N-ethyl adjacent to an activating group) is 1. The van der Waals surface area contributed by atoms with Crippen LogP contribution in [-0.2, 0) is 4.74 Å². The zero-order chi connectivity index (χ0) is 13.8. The molecule has 1 fully saturated rings. The summed E-state index contributed by atoms with van der Waals surface area (Å²) in [6.07, 6.45) is -0.0286. The van der Waals surface area contributed by atoms with Gasteiger partial charge in [0.25, 0.3) is 5.91 Å². The summed E-state index contributed by atoms with van der Waals surface area (Å²) in [6, 6.07) is 4.95. The number of nitrogens with two attached hydrogens (primary N) is 2. The van der Waals surface area contributed by atoms with Gasteiger partial charge < -0.3 is 25.8 Å². The number of hydrogen-bond acceptors (Lipinski definition) is 5. The van der Waals surface area contributed by atoms with Crippen LogP contribution in [0.2, 0.25) is 0 Å². The van der Waals surface area contributed by atoms with Crippen molar-refractivity contribution in [1.82, 2.24) is 4.90 Å². The zero-order valence-corrected chi connectivity index (χ0v) is 11.0. The highest BCUT2D eigenvalue weighted by Gasteiger charge is 2.20. The van der Waals surface area contributed by atoms with Crippen molar-refractivity contribution in [2.75, 3.05) is 39.1 Å². The number of carbonyl (C=O) groups is 1. The van der Waals surface area contributed by atoms with Crippen molar-refractivity contribution in [3.8, 4) is 5.75 Å². The SMILES string of the molecule is CN1CCOC(COc2c(N)cccc2C(N)=O)C1. The summed E-state index contributed by atoms with van der Waals surface area (Å²) in [4.78, 5) is 13.5. The van der Waals surface area contributed by atoms with E-state index in [0.717, 1.165) is 13.1 Å². The zero-order valence-electron chi connectivity index (χ0n) is 11.0. The number of ether oxygens (including phenoxy) is 2. The first-order valence-electron chi connectivity index (χ1n) is 6.19. The standard InChI is InChI=1S/C13H19N3O3/c1-16-5-6-18-9(7-16)8-19-12-10(13(15)17)3-2-4-11(12)14/h2-4,9H,5-8,14H2,1H3,(H2,15,17). The highest BCUT2D eigenvalue weighted by molar-refractivity contribution is 5.97. The molecule has 2 rings (SSSR count). The number of hydrogen-bond donors (Lipinski definition) is 2. The molecule has 1 unspecified atom stereocenters. The van der Waals surface area contributed by atoms with Gasteiger partial charge in [-0.05, 0) is 19.2 Å². The van der Waals surface area contributed by atoms with Crippen LogP contribution in [0, 0.1) is 0 Å². The monoisotopic (exact) mass is 265 g/mol. The molecule has 0 radical (unpaired) electrons. The Labute approximate surface area is 112 Å². The summed E-state index contributed by atoms with van der Waals surface area (Å²) in [6.45, 7) is 2.73. The van der Waals surface area contributed by atoms with Gasteiger partial charge in [-0.25, -0.2) is 0 Å². The molecule has 0 aliphatic carbocycles. The minimum absolute atomic E-state index is 0.0286. The molecule has 0 aromatic heterocycles. The number of para-hydroxylation sites is 1. The highest BCUT2D eigenvalue weighted by atomic mass is 16.5. The average Bonchev–Trinajstić information content (AvgIpc) is 2.37. The third-order valence-electron chi connectivity index (χ3n) is 3.07. The minimum atomic E-state index is -0.552. The first kappa shape index (κ1) is 13.6. The number of primary amides is 1. The number of nitrogen functional groups attached to an aromatic ring is 1. The van der Waals surface area contributed by atoms with E-state index in [1.807, 2.05) is 7.05 Å². The molecule has 6 nitrogen and oxygen atoms in total. The molecule has 1 aliphatic rings. The second kappa shape index (κ2) is 5.90. The maximum atomic E-state index is 11.3. The summed E-state index contributed by atoms with van der Waals surface area (Å²) in [7, 11) is 2.03. The van der Waals surface area contributed by atoms with Gasteiger partial charge >= 0.3 is 0 Å². The minimum Gasteiger partial charge on any atom is -0.488 e. The predicted octanol–water partition coefficient (Wildman–Crippen LogP) is 0.0771. The molecular formula is C13H19N3O3. The summed E-state index contributed by atoms with van der Waals surface area (Å²) >= 11 is 0. The maximum Gasteiger partial charge on any atom is 0.252 e. The quantitative estimate of drug-likeness (QED) is 0.752. The first-order chi connectivity index (χ1) is 9.08. The lowest BCUT2D eigenvalue weighted by atomic mass is 10.1. The molecule has 1 saturated heterocycles. The van der Waals surface area contributed by atoms with Crippen LogP contribution in [0.4, 0.5) is 5.69 Å². The molecule has 0 saturated carbocycles. The number of morpholine rings is 1. The van der Waals surface area contributed by atoms with E-state index in [9.17, 15) is 4.79 Å². The molecule has 104 valence electrons. The van der Waals surface area contributed by atoms with Crippen molar-refractivity contribution in [2.24, 2.45) is 5.73 Å². The van der Waals surface area contributed by atoms with E-state index < -0.39 is 5.91 Å². The van der Waals surface area contributed by atoms with Crippen LogP contribution < -0.4 is 16.2 Å². The van der Waals surface area contributed by atoms with E-state index in [0.29, 0.717) is 30.2 Å². The van der Waals surface area contributed by atoms with Gasteiger partial charge in [0.1, 0.15) is 12.7 Å². The van der Waals surface area contributed by atoms with Crippen LogP contribution in [0.3, 0.4) is 0 Å². The Morgan fingerprint density at radius 2 is 2.37 bits per heavy atom. The van der Waals surface area contributed by atoms with Crippen LogP contribution in [0.15, 0.2) is 18.2 Å². The van der Waals surface area contributed by atoms with E-state index in [2.05, 4.69) is 4.90 Å². The number of benzene rings is 1. The van der Waals surface area contributed by atoms with Crippen molar-refractivity contribution < 1.29 is 14.3 Å². The van der Waals surface area contributed by atoms with Crippen molar-refractivity contribution in [3.05, 3.63) is 23.8 Å². The summed E-state index contributed by atoms with van der Waals surface area (Å²) < 4.78 is 11.2. The molecule has 0 spiro atoms. The lowest BCUT2D eigenvalue weighted by Crippen LogP contribution is -2.42. The number of anilines is 1. The predicted molar refractivity (Wildman–Crippen MR) is 72.1 cm³/mol. The first-order valence-corrected chi connectivity index (χ1v) is 6.19. The normalized spacial score (nSPS) is 20.2. The summed E-state index contributed by atoms with van der Waals surface area (Å²) in [5, 5.41) is 0. The van der Waals surface area contributed by atoms with Gasteiger partial charge in [-0.2, -0.15) is 0 Å². The number of carbonyl (C=O) groups excluding carboxylic acids is 1. The van der Waals surface area contributed by atoms with Gasteiger partial charge in [0.15, 0.2) is 5.75 Å². The van der Waals surface area contributed by atoms with Crippen molar-refractivity contribution in [3.63, 3.8) is 0 Å². The fraction of sp³-hybridized carbons (Fsp3) is 0.462. The van der Waals surface area contributed by atoms with E-state index in [1.54, 1.807) is 18.2 Å². The third kappa shape index (κ3) is 3.36. The van der Waals surface area contributed by atoms with Crippen molar-refractivity contribution >= 4 is 11.6 Å². The molecule has 1 aromatic carbocycles. The molecular weight excluding hydrogens is 246 g/mol. The van der Waals surface area contributed by atoms with Crippen LogP contribution in [0.1, 0.15) is 10.4 Å². The van der Waals surface area contributed by atoms with Crippen LogP contribution >= 0.6 is 0 Å². The molecule has 1 aliphatic heterocycles. The topological polar surface area (TPSA) is 90.8 Å². The van der Waals surface area contributed by atoms with Gasteiger partial charge in [-0.15, -0.1) is 0 Å². The van der Waals surface area contributed by atoms with Gasteiger partial charge in [0, 0.05) is 13.1 Å². The molecule has 4 N–H and O–H groups in total. The largest absolute Gasteiger partial charge is 0.488 e. The molecule has 1 amide bonds. The lowest BCUT2D eigenvalue weighted by molar-refractivity contribution is -0.0403. The second-order valence-electron chi connectivity index (χ2n) is 4.65. The van der Waals surface area contributed by atoms with Crippen molar-refractivity contribution in [2.45, 2.75) is 6.10 Å². The Kier molecular flexibility index (Phi) is 4.24. The van der Waals surface area contributed by atoms with Crippen LogP contribution in [0.25, 0.3) is 0 Å². The fourth-order valence-electron chi connectivity index (χ4n) is 2.05. The summed E-state index contributed by atoms with van der Waals surface area (Å²) in [5.74, 6) is -0.212. The third-order valence-corrected chi connectivity index (χ3v) is 3.07. The van der Waals surface area contributed by atoms with Crippen molar-refractivity contribution in [1.29, 1.82) is 0 Å². The molecule has 6 heteroatoms. The second-order valence-corrected chi connectivity index (χ2v) is 4.65. The molecule has 0 bridgehead atoms. The highest BCUT2D eigenvalue weighted by Crippen LogP contribution is 2.26. The maximum absolute atomic E-state index is 11.3. The Balaban J connectivity index is 2.04. The van der Waals surface area contributed by atoms with Gasteiger partial charge in [0.05, 0.1) is 17.9 Å². The van der Waals surface area contributed by atoms with E-state index in [4.69, 9.17) is 20.9 Å². The van der Waals surface area contributed by atoms with Gasteiger partial charge in [0.2, 0.25) is 0 Å². The molecule has 1 heterocycles. The molecule has 1 atom stereocenters. The average molecular weight is 265 g/mol. The number of nitrogens with zero attached hydrogens (tertiary/aromatic N) is 1. The fourth-order valence-corrected chi connectivity index (χ4v) is 2.05. The van der Waals surface area contributed by atoms with E-state index in [1.165, 1.54) is 0 Å². The van der Waals surface area contributed by atoms with Crippen LogP contribution in [0.5, 0.6) is 5.75 Å². The van der Waals surface area contributed by atoms with E-state index >= 15 is 0 Å². The van der Waals surface area contributed by atoms with Gasteiger partial charge in [-0.3, -0.25) is 4.79 Å². The Morgan fingerprint density at radius 1 is 1.58 bits per heavy atom. The summed E-state index contributed by atoms with van der Waals surface area (Å²) in [5.41, 5.74) is 11.8. The molecule has 19 heavy (non-hydrogen) atoms. The number of amides is 1. The van der Waals surface area contributed by atoms with Crippen LogP contribution in [-0.4, -0.2) is 50.3 Å². The smallest absolute Gasteiger partial charge is 0.252 e. The molecule has 1 aromatic rings. The van der Waals surface area contributed by atoms with E-state index in [-0.39, 0.29) is 6.10 Å². The Hall–Kier alpha value is -1.79. The Morgan fingerprint density at radius 3 is 3.05 bits per heavy atom. The lowest BCUT2D eigenvalue weighted by Gasteiger charge is -2.30. The number of rotatable bonds is 4.